The van der Waals surface area contributed by atoms with Crippen molar-refractivity contribution < 1.29 is 19.2 Å². The molecular weight excluding hydrogens is 354 g/mol. The van der Waals surface area contributed by atoms with Crippen molar-refractivity contribution >= 4 is 21.7 Å². The predicted molar refractivity (Wildman–Crippen MR) is 109 cm³/mol. The summed E-state index contributed by atoms with van der Waals surface area (Å²) in [5, 5.41) is 12.8. The Hall–Kier alpha value is -3.31. The average Bonchev–Trinajstić information content (AvgIpc) is 2.67. The first-order valence-electron chi connectivity index (χ1n) is 9.18. The zero-order valence-corrected chi connectivity index (χ0v) is 16.1. The number of hydrogen-bond donors (Lipinski definition) is 2. The topological polar surface area (TPSA) is 64.1 Å². The van der Waals surface area contributed by atoms with Crippen LogP contribution >= 0.6 is 0 Å². The van der Waals surface area contributed by atoms with Crippen molar-refractivity contribution in [3.8, 4) is 17.2 Å². The summed E-state index contributed by atoms with van der Waals surface area (Å²) in [5.74, 6) is 1.24. The molecule has 3 aromatic carbocycles. The van der Waals surface area contributed by atoms with Crippen LogP contribution in [-0.4, -0.2) is 19.2 Å². The van der Waals surface area contributed by atoms with Gasteiger partial charge >= 0.3 is 0 Å². The fourth-order valence-corrected chi connectivity index (χ4v) is 3.39. The highest BCUT2D eigenvalue weighted by atomic mass is 16.5. The maximum absolute atomic E-state index is 13.1. The number of phenolic OH excluding ortho intramolecular Hbond substituents is 1. The van der Waals surface area contributed by atoms with E-state index < -0.39 is 0 Å². The molecule has 1 heterocycles. The molecule has 28 heavy (non-hydrogen) atoms. The highest BCUT2D eigenvalue weighted by Crippen LogP contribution is 2.31. The Morgan fingerprint density at radius 2 is 1.79 bits per heavy atom. The van der Waals surface area contributed by atoms with Gasteiger partial charge < -0.3 is 19.2 Å². The molecular formula is C23H22NO4+. The number of aryl methyl sites for hydroxylation is 1. The highest BCUT2D eigenvalue weighted by molar-refractivity contribution is 5.85. The summed E-state index contributed by atoms with van der Waals surface area (Å²) in [4.78, 5) is 14.2. The van der Waals surface area contributed by atoms with Crippen LogP contribution in [0.2, 0.25) is 0 Å². The largest absolute Gasteiger partial charge is 0.507 e. The van der Waals surface area contributed by atoms with Crippen LogP contribution in [0.1, 0.15) is 11.3 Å². The van der Waals surface area contributed by atoms with E-state index in [1.807, 2.05) is 56.6 Å². The van der Waals surface area contributed by atoms with E-state index in [0.717, 1.165) is 15.7 Å². The molecule has 142 valence electrons. The van der Waals surface area contributed by atoms with E-state index in [1.54, 1.807) is 13.0 Å². The Morgan fingerprint density at radius 3 is 2.54 bits per heavy atom. The third-order valence-corrected chi connectivity index (χ3v) is 4.73. The summed E-state index contributed by atoms with van der Waals surface area (Å²) < 4.78 is 11.9. The summed E-state index contributed by atoms with van der Waals surface area (Å²) in [5.41, 5.74) is 0.784. The maximum atomic E-state index is 13.1. The van der Waals surface area contributed by atoms with E-state index in [-0.39, 0.29) is 16.9 Å². The molecule has 0 atom stereocenters. The molecule has 0 radical (unpaired) electrons. The quantitative estimate of drug-likeness (QED) is 0.573. The van der Waals surface area contributed by atoms with Gasteiger partial charge in [0, 0.05) is 0 Å². The minimum atomic E-state index is -0.248. The molecule has 0 bridgehead atoms. The number of phenols is 1. The lowest BCUT2D eigenvalue weighted by Gasteiger charge is -2.13. The molecule has 0 aliphatic rings. The zero-order chi connectivity index (χ0) is 19.8. The van der Waals surface area contributed by atoms with Gasteiger partial charge in [-0.1, -0.05) is 30.3 Å². The lowest BCUT2D eigenvalue weighted by atomic mass is 10.1. The van der Waals surface area contributed by atoms with Gasteiger partial charge in [0.1, 0.15) is 23.8 Å². The van der Waals surface area contributed by atoms with Gasteiger partial charge in [-0.15, -0.1) is 0 Å². The molecule has 0 spiro atoms. The summed E-state index contributed by atoms with van der Waals surface area (Å²) >= 11 is 0. The van der Waals surface area contributed by atoms with E-state index in [2.05, 4.69) is 0 Å². The van der Waals surface area contributed by atoms with Crippen molar-refractivity contribution in [3.05, 3.63) is 76.1 Å². The number of benzene rings is 3. The second-order valence-electron chi connectivity index (χ2n) is 7.25. The van der Waals surface area contributed by atoms with Crippen LogP contribution in [0.3, 0.4) is 0 Å². The number of hydrogen-bond acceptors (Lipinski definition) is 4. The number of quaternary nitrogens is 1. The second kappa shape index (κ2) is 7.02. The fourth-order valence-electron chi connectivity index (χ4n) is 3.39. The molecule has 0 unspecified atom stereocenters. The Bertz CT molecular complexity index is 1240. The molecule has 0 aliphatic heterocycles. The molecule has 0 fully saturated rings. The number of aromatic hydroxyl groups is 1. The van der Waals surface area contributed by atoms with Crippen LogP contribution in [-0.2, 0) is 6.54 Å². The van der Waals surface area contributed by atoms with Gasteiger partial charge in [-0.25, -0.2) is 0 Å². The maximum Gasteiger partial charge on any atom is 0.235 e. The smallest absolute Gasteiger partial charge is 0.235 e. The number of rotatable bonds is 4. The van der Waals surface area contributed by atoms with E-state index in [9.17, 15) is 9.90 Å². The zero-order valence-electron chi connectivity index (χ0n) is 16.1. The Labute approximate surface area is 162 Å². The first-order valence-corrected chi connectivity index (χ1v) is 9.18. The van der Waals surface area contributed by atoms with Crippen LogP contribution in [0, 0.1) is 6.92 Å². The predicted octanol–water partition coefficient (Wildman–Crippen LogP) is 3.40. The average molecular weight is 376 g/mol. The van der Waals surface area contributed by atoms with Gasteiger partial charge in [0.25, 0.3) is 0 Å². The minimum absolute atomic E-state index is 0.124. The van der Waals surface area contributed by atoms with E-state index in [0.29, 0.717) is 34.6 Å². The van der Waals surface area contributed by atoms with Crippen LogP contribution in [0.4, 0.5) is 0 Å². The third kappa shape index (κ3) is 3.21. The summed E-state index contributed by atoms with van der Waals surface area (Å²) in [6.07, 6.45) is 0. The molecule has 0 saturated heterocycles. The van der Waals surface area contributed by atoms with Crippen LogP contribution in [0.25, 0.3) is 21.7 Å². The standard InChI is InChI=1S/C23H21NO4/c1-14-22(28-17-9-8-15-6-4-5-7-16(15)12-17)21(26)18-10-11-20(25)19(13-24(2)3)23(18)27-14/h4-12,25H,13H2,1-3H3/p+1. The van der Waals surface area contributed by atoms with E-state index in [4.69, 9.17) is 9.15 Å². The fraction of sp³-hybridized carbons (Fsp3) is 0.174. The highest BCUT2D eigenvalue weighted by Gasteiger charge is 2.19. The summed E-state index contributed by atoms with van der Waals surface area (Å²) in [6, 6.07) is 16.8. The normalized spacial score (nSPS) is 11.4. The molecule has 1 aromatic heterocycles. The molecule has 5 heteroatoms. The van der Waals surface area contributed by atoms with Gasteiger partial charge in [0.05, 0.1) is 25.0 Å². The van der Waals surface area contributed by atoms with Gasteiger partial charge in [0.2, 0.25) is 11.2 Å². The molecule has 0 saturated carbocycles. The summed E-state index contributed by atoms with van der Waals surface area (Å²) in [7, 11) is 3.95. The first-order chi connectivity index (χ1) is 13.4. The Balaban J connectivity index is 1.83. The number of ether oxygens (including phenoxy) is 1. The summed E-state index contributed by atoms with van der Waals surface area (Å²) in [6.45, 7) is 2.24. The second-order valence-corrected chi connectivity index (χ2v) is 7.25. The third-order valence-electron chi connectivity index (χ3n) is 4.73. The van der Waals surface area contributed by atoms with Crippen LogP contribution < -0.4 is 15.1 Å². The minimum Gasteiger partial charge on any atom is -0.507 e. The molecule has 0 amide bonds. The van der Waals surface area contributed by atoms with Crippen molar-refractivity contribution in [2.75, 3.05) is 14.1 Å². The van der Waals surface area contributed by atoms with Crippen molar-refractivity contribution in [2.24, 2.45) is 0 Å². The van der Waals surface area contributed by atoms with E-state index >= 15 is 0 Å². The van der Waals surface area contributed by atoms with Crippen molar-refractivity contribution in [1.82, 2.24) is 0 Å². The molecule has 2 N–H and O–H groups in total. The van der Waals surface area contributed by atoms with Crippen LogP contribution in [0.5, 0.6) is 17.2 Å². The molecule has 4 rings (SSSR count). The van der Waals surface area contributed by atoms with Crippen LogP contribution in [0.15, 0.2) is 63.8 Å². The lowest BCUT2D eigenvalue weighted by Crippen LogP contribution is -3.04. The van der Waals surface area contributed by atoms with Gasteiger partial charge in [-0.3, -0.25) is 4.79 Å². The number of nitrogens with one attached hydrogen (secondary N) is 1. The SMILES string of the molecule is Cc1oc2c(C[NH+](C)C)c(O)ccc2c(=O)c1Oc1ccc2ccccc2c1. The van der Waals surface area contributed by atoms with Crippen molar-refractivity contribution in [1.29, 1.82) is 0 Å². The Kier molecular flexibility index (Phi) is 4.53. The van der Waals surface area contributed by atoms with Gasteiger partial charge in [-0.05, 0) is 42.0 Å². The number of fused-ring (bicyclic) bond motifs is 2. The van der Waals surface area contributed by atoms with Gasteiger partial charge in [-0.2, -0.15) is 0 Å². The van der Waals surface area contributed by atoms with Crippen molar-refractivity contribution in [2.45, 2.75) is 13.5 Å². The molecule has 4 aromatic rings. The van der Waals surface area contributed by atoms with Gasteiger partial charge in [0.15, 0.2) is 5.58 Å². The van der Waals surface area contributed by atoms with E-state index in [1.165, 1.54) is 6.07 Å². The Morgan fingerprint density at radius 1 is 1.04 bits per heavy atom. The molecule has 5 nitrogen and oxygen atoms in total. The molecule has 0 aliphatic carbocycles. The lowest BCUT2D eigenvalue weighted by molar-refractivity contribution is -0.872. The first kappa shape index (κ1) is 18.1. The van der Waals surface area contributed by atoms with Crippen molar-refractivity contribution in [3.63, 3.8) is 0 Å². The monoisotopic (exact) mass is 376 g/mol.